The molecule has 4 N–H and O–H groups in total. The Morgan fingerprint density at radius 1 is 0.826 bits per heavy atom. The number of hydrogen-bond acceptors (Lipinski definition) is 6. The van der Waals surface area contributed by atoms with E-state index in [4.69, 9.17) is 4.74 Å². The molecule has 0 aliphatic carbocycles. The fourth-order valence-electron chi connectivity index (χ4n) is 2.62. The van der Waals surface area contributed by atoms with E-state index < -0.39 is 22.9 Å². The van der Waals surface area contributed by atoms with E-state index in [9.17, 15) is 25.2 Å². The molecule has 0 saturated carbocycles. The maximum Gasteiger partial charge on any atom is 0.196 e. The number of carbonyl (C=O) groups excluding carboxylic acids is 1. The van der Waals surface area contributed by atoms with Crippen LogP contribution in [-0.2, 0) is 15.1 Å². The fourth-order valence-corrected chi connectivity index (χ4v) is 2.62. The second kappa shape index (κ2) is 5.33. The van der Waals surface area contributed by atoms with Gasteiger partial charge in [0.2, 0.25) is 0 Å². The first-order valence-corrected chi connectivity index (χ1v) is 6.85. The predicted molar refractivity (Wildman–Crippen MR) is 80.4 cm³/mol. The minimum Gasteiger partial charge on any atom is -0.504 e. The number of rotatable bonds is 2. The van der Waals surface area contributed by atoms with Crippen molar-refractivity contribution in [3.05, 3.63) is 59.7 Å². The van der Waals surface area contributed by atoms with Crippen LogP contribution in [0.15, 0.2) is 48.6 Å². The summed E-state index contributed by atoms with van der Waals surface area (Å²) in [5.74, 6) is -1.84. The summed E-state index contributed by atoms with van der Waals surface area (Å²) in [5.41, 5.74) is -0.982. The molecule has 0 amide bonds. The molecule has 1 aliphatic rings. The van der Waals surface area contributed by atoms with E-state index >= 15 is 0 Å². The summed E-state index contributed by atoms with van der Waals surface area (Å²) in [4.78, 5) is 12.6. The highest BCUT2D eigenvalue weighted by Gasteiger charge is 2.44. The lowest BCUT2D eigenvalue weighted by atomic mass is 9.81. The largest absolute Gasteiger partial charge is 0.504 e. The highest BCUT2D eigenvalue weighted by atomic mass is 16.5. The van der Waals surface area contributed by atoms with E-state index in [0.717, 1.165) is 0 Å². The van der Waals surface area contributed by atoms with Gasteiger partial charge in [-0.25, -0.2) is 0 Å². The van der Waals surface area contributed by atoms with E-state index in [-0.39, 0.29) is 18.1 Å². The molecule has 0 spiro atoms. The van der Waals surface area contributed by atoms with Gasteiger partial charge in [-0.3, -0.25) is 4.79 Å². The molecule has 23 heavy (non-hydrogen) atoms. The number of phenols is 4. The smallest absolute Gasteiger partial charge is 0.196 e. The first-order valence-electron chi connectivity index (χ1n) is 6.85. The Labute approximate surface area is 131 Å². The number of benzene rings is 2. The van der Waals surface area contributed by atoms with Crippen LogP contribution in [0.1, 0.15) is 11.1 Å². The van der Waals surface area contributed by atoms with Gasteiger partial charge in [0.05, 0.1) is 6.61 Å². The summed E-state index contributed by atoms with van der Waals surface area (Å²) in [6, 6.07) is 7.88. The molecule has 1 heterocycles. The predicted octanol–water partition coefficient (Wildman–Crippen LogP) is 1.91. The summed E-state index contributed by atoms with van der Waals surface area (Å²) in [5, 5.41) is 38.5. The highest BCUT2D eigenvalue weighted by molar-refractivity contribution is 6.01. The standard InChI is InChI=1S/C17H14O6/c18-12-5-3-10(8-14(12)20)17(16(22)2-1-7-23-17)11-4-6-13(19)15(21)9-11/h1-6,8-9,18-21H,7H2. The van der Waals surface area contributed by atoms with Crippen molar-refractivity contribution in [3.63, 3.8) is 0 Å². The minimum absolute atomic E-state index is 0.148. The molecule has 0 fully saturated rings. The van der Waals surface area contributed by atoms with E-state index in [0.29, 0.717) is 11.1 Å². The summed E-state index contributed by atoms with van der Waals surface area (Å²) >= 11 is 0. The Morgan fingerprint density at radius 3 is 1.78 bits per heavy atom. The van der Waals surface area contributed by atoms with Gasteiger partial charge in [0, 0.05) is 11.1 Å². The van der Waals surface area contributed by atoms with Crippen LogP contribution in [0.25, 0.3) is 0 Å². The first kappa shape index (κ1) is 14.9. The molecule has 3 rings (SSSR count). The van der Waals surface area contributed by atoms with Crippen LogP contribution in [0.5, 0.6) is 23.0 Å². The molecule has 0 saturated heterocycles. The molecule has 1 aliphatic heterocycles. The number of phenolic OH excluding ortho intramolecular Hbond substituents is 4. The molecule has 6 heteroatoms. The Balaban J connectivity index is 2.26. The lowest BCUT2D eigenvalue weighted by molar-refractivity contribution is -0.135. The van der Waals surface area contributed by atoms with Crippen molar-refractivity contribution in [1.82, 2.24) is 0 Å². The van der Waals surface area contributed by atoms with E-state index in [1.54, 1.807) is 6.08 Å². The lowest BCUT2D eigenvalue weighted by Gasteiger charge is -2.34. The van der Waals surface area contributed by atoms with Gasteiger partial charge in [0.25, 0.3) is 0 Å². The average Bonchev–Trinajstić information content (AvgIpc) is 2.53. The monoisotopic (exact) mass is 314 g/mol. The fraction of sp³-hybridized carbons (Fsp3) is 0.118. The SMILES string of the molecule is O=C1C=CCOC1(c1ccc(O)c(O)c1)c1ccc(O)c(O)c1. The van der Waals surface area contributed by atoms with Gasteiger partial charge in [-0.2, -0.15) is 0 Å². The van der Waals surface area contributed by atoms with Crippen LogP contribution in [0, 0.1) is 0 Å². The maximum atomic E-state index is 12.6. The summed E-state index contributed by atoms with van der Waals surface area (Å²) < 4.78 is 5.72. The molecular weight excluding hydrogens is 300 g/mol. The molecule has 118 valence electrons. The van der Waals surface area contributed by atoms with Crippen LogP contribution in [0.4, 0.5) is 0 Å². The van der Waals surface area contributed by atoms with Crippen LogP contribution in [0.3, 0.4) is 0 Å². The van der Waals surface area contributed by atoms with Gasteiger partial charge >= 0.3 is 0 Å². The van der Waals surface area contributed by atoms with Gasteiger partial charge in [-0.05, 0) is 30.3 Å². The Bertz CT molecular complexity index is 757. The van der Waals surface area contributed by atoms with Crippen molar-refractivity contribution in [2.24, 2.45) is 0 Å². The molecule has 0 atom stereocenters. The van der Waals surface area contributed by atoms with Crippen molar-refractivity contribution in [1.29, 1.82) is 0 Å². The lowest BCUT2D eigenvalue weighted by Crippen LogP contribution is -2.41. The van der Waals surface area contributed by atoms with Crippen molar-refractivity contribution in [2.45, 2.75) is 5.60 Å². The Hall–Kier alpha value is -2.99. The van der Waals surface area contributed by atoms with Gasteiger partial charge in [-0.15, -0.1) is 0 Å². The van der Waals surface area contributed by atoms with Gasteiger partial charge in [-0.1, -0.05) is 18.2 Å². The second-order valence-corrected chi connectivity index (χ2v) is 5.17. The zero-order valence-corrected chi connectivity index (χ0v) is 11.9. The molecule has 2 aromatic rings. The average molecular weight is 314 g/mol. The molecular formula is C17H14O6. The Kier molecular flexibility index (Phi) is 3.46. The molecule has 0 unspecified atom stereocenters. The summed E-state index contributed by atoms with van der Waals surface area (Å²) in [6.07, 6.45) is 2.92. The first-order chi connectivity index (χ1) is 10.9. The maximum absolute atomic E-state index is 12.6. The summed E-state index contributed by atoms with van der Waals surface area (Å²) in [7, 11) is 0. The van der Waals surface area contributed by atoms with Crippen LogP contribution in [0.2, 0.25) is 0 Å². The van der Waals surface area contributed by atoms with Gasteiger partial charge < -0.3 is 25.2 Å². The number of ether oxygens (including phenoxy) is 1. The highest BCUT2D eigenvalue weighted by Crippen LogP contribution is 2.42. The second-order valence-electron chi connectivity index (χ2n) is 5.17. The third kappa shape index (κ3) is 2.29. The Morgan fingerprint density at radius 2 is 1.35 bits per heavy atom. The van der Waals surface area contributed by atoms with Crippen molar-refractivity contribution in [2.75, 3.05) is 6.61 Å². The zero-order chi connectivity index (χ0) is 16.6. The van der Waals surface area contributed by atoms with Crippen LogP contribution < -0.4 is 0 Å². The van der Waals surface area contributed by atoms with Gasteiger partial charge in [0.1, 0.15) is 0 Å². The van der Waals surface area contributed by atoms with Gasteiger partial charge in [0.15, 0.2) is 34.4 Å². The summed E-state index contributed by atoms with van der Waals surface area (Å²) in [6.45, 7) is 0.148. The zero-order valence-electron chi connectivity index (χ0n) is 11.9. The number of aromatic hydroxyl groups is 4. The number of carbonyl (C=O) groups is 1. The quantitative estimate of drug-likeness (QED) is 0.631. The van der Waals surface area contributed by atoms with E-state index in [1.165, 1.54) is 42.5 Å². The molecule has 6 nitrogen and oxygen atoms in total. The third-order valence-electron chi connectivity index (χ3n) is 3.78. The van der Waals surface area contributed by atoms with Crippen molar-refractivity contribution >= 4 is 5.78 Å². The third-order valence-corrected chi connectivity index (χ3v) is 3.78. The normalized spacial score (nSPS) is 16.4. The van der Waals surface area contributed by atoms with Crippen molar-refractivity contribution in [3.8, 4) is 23.0 Å². The van der Waals surface area contributed by atoms with E-state index in [1.807, 2.05) is 0 Å². The molecule has 2 aromatic carbocycles. The van der Waals surface area contributed by atoms with Crippen LogP contribution >= 0.6 is 0 Å². The molecule has 0 bridgehead atoms. The minimum atomic E-state index is -1.58. The number of ketones is 1. The van der Waals surface area contributed by atoms with Crippen LogP contribution in [-0.4, -0.2) is 32.8 Å². The van der Waals surface area contributed by atoms with Crippen molar-refractivity contribution < 1.29 is 30.0 Å². The molecule has 0 radical (unpaired) electrons. The topological polar surface area (TPSA) is 107 Å². The number of hydrogen-bond donors (Lipinski definition) is 4. The molecule has 0 aromatic heterocycles. The van der Waals surface area contributed by atoms with E-state index in [2.05, 4.69) is 0 Å².